The van der Waals surface area contributed by atoms with Gasteiger partial charge in [-0.2, -0.15) is 0 Å². The molecule has 0 amide bonds. The van der Waals surface area contributed by atoms with E-state index in [1.165, 1.54) is 6.07 Å². The summed E-state index contributed by atoms with van der Waals surface area (Å²) in [6.45, 7) is 3.49. The smallest absolute Gasteiger partial charge is 0.153 e. The van der Waals surface area contributed by atoms with E-state index in [0.29, 0.717) is 43.8 Å². The molecule has 0 radical (unpaired) electrons. The minimum absolute atomic E-state index is 0.0883. The zero-order valence-corrected chi connectivity index (χ0v) is 13.3. The summed E-state index contributed by atoms with van der Waals surface area (Å²) in [4.78, 5) is 11.0. The highest BCUT2D eigenvalue weighted by Gasteiger charge is 2.12. The van der Waals surface area contributed by atoms with E-state index in [-0.39, 0.29) is 5.56 Å². The molecule has 0 atom stereocenters. The zero-order chi connectivity index (χ0) is 16.5. The fourth-order valence-electron chi connectivity index (χ4n) is 2.35. The lowest BCUT2D eigenvalue weighted by Crippen LogP contribution is -2.06. The van der Waals surface area contributed by atoms with Gasteiger partial charge in [0.25, 0.3) is 0 Å². The Morgan fingerprint density at radius 1 is 1.09 bits per heavy atom. The van der Waals surface area contributed by atoms with E-state index in [1.807, 2.05) is 37.3 Å². The van der Waals surface area contributed by atoms with Crippen LogP contribution >= 0.6 is 0 Å². The normalized spacial score (nSPS) is 10.5. The molecule has 0 saturated heterocycles. The fraction of sp³-hybridized carbons (Fsp3) is 0.316. The van der Waals surface area contributed by atoms with E-state index in [1.54, 1.807) is 6.07 Å². The van der Waals surface area contributed by atoms with Crippen molar-refractivity contribution >= 4 is 6.29 Å². The molecule has 122 valence electrons. The fourth-order valence-corrected chi connectivity index (χ4v) is 2.35. The number of aldehydes is 1. The molecule has 0 bridgehead atoms. The second-order valence-corrected chi connectivity index (χ2v) is 5.15. The Bertz CT molecular complexity index is 626. The summed E-state index contributed by atoms with van der Waals surface area (Å²) >= 11 is 0. The lowest BCUT2D eigenvalue weighted by Gasteiger charge is -2.13. The minimum Gasteiger partial charge on any atom is -0.493 e. The highest BCUT2D eigenvalue weighted by Crippen LogP contribution is 2.24. The van der Waals surface area contributed by atoms with Gasteiger partial charge in [-0.15, -0.1) is 0 Å². The third-order valence-corrected chi connectivity index (χ3v) is 3.53. The van der Waals surface area contributed by atoms with Crippen LogP contribution in [0.15, 0.2) is 42.5 Å². The van der Waals surface area contributed by atoms with E-state index >= 15 is 0 Å². The Labute approximate surface area is 136 Å². The Morgan fingerprint density at radius 3 is 2.57 bits per heavy atom. The minimum atomic E-state index is -0.504. The van der Waals surface area contributed by atoms with E-state index < -0.39 is 5.82 Å². The van der Waals surface area contributed by atoms with E-state index in [2.05, 4.69) is 0 Å². The first-order valence-electron chi connectivity index (χ1n) is 7.77. The van der Waals surface area contributed by atoms with Gasteiger partial charge in [-0.3, -0.25) is 4.79 Å². The topological polar surface area (TPSA) is 35.5 Å². The molecule has 0 aliphatic heterocycles. The van der Waals surface area contributed by atoms with Gasteiger partial charge in [0, 0.05) is 12.0 Å². The number of ether oxygens (including phenoxy) is 2. The lowest BCUT2D eigenvalue weighted by atomic mass is 10.0. The molecule has 0 N–H and O–H groups in total. The van der Waals surface area contributed by atoms with Crippen molar-refractivity contribution in [3.63, 3.8) is 0 Å². The van der Waals surface area contributed by atoms with Crippen LogP contribution in [0.5, 0.6) is 5.75 Å². The number of hydrogen-bond donors (Lipinski definition) is 0. The van der Waals surface area contributed by atoms with Crippen LogP contribution in [0.1, 0.15) is 34.8 Å². The summed E-state index contributed by atoms with van der Waals surface area (Å²) in [5.41, 5.74) is 1.84. The highest BCUT2D eigenvalue weighted by atomic mass is 19.1. The molecule has 0 fully saturated rings. The molecule has 23 heavy (non-hydrogen) atoms. The van der Waals surface area contributed by atoms with E-state index in [9.17, 15) is 9.18 Å². The summed E-state index contributed by atoms with van der Waals surface area (Å²) in [5.74, 6) is 0.0643. The first-order valence-corrected chi connectivity index (χ1v) is 7.77. The summed E-state index contributed by atoms with van der Waals surface area (Å²) in [5, 5.41) is 0. The summed E-state index contributed by atoms with van der Waals surface area (Å²) in [6, 6.07) is 12.8. The first-order chi connectivity index (χ1) is 11.3. The van der Waals surface area contributed by atoms with E-state index in [0.717, 1.165) is 12.0 Å². The predicted octanol–water partition coefficient (Wildman–Crippen LogP) is 4.19. The number of benzene rings is 2. The molecule has 0 saturated carbocycles. The van der Waals surface area contributed by atoms with Crippen LogP contribution in [0.4, 0.5) is 4.39 Å². The molecule has 0 unspecified atom stereocenters. The Hall–Kier alpha value is -2.20. The van der Waals surface area contributed by atoms with Gasteiger partial charge >= 0.3 is 0 Å². The highest BCUT2D eigenvalue weighted by molar-refractivity contribution is 5.79. The van der Waals surface area contributed by atoms with Crippen molar-refractivity contribution in [1.29, 1.82) is 0 Å². The molecule has 0 spiro atoms. The van der Waals surface area contributed by atoms with Crippen LogP contribution in [0.2, 0.25) is 0 Å². The van der Waals surface area contributed by atoms with Gasteiger partial charge in [-0.1, -0.05) is 37.3 Å². The Kier molecular flexibility index (Phi) is 6.76. The third-order valence-electron chi connectivity index (χ3n) is 3.53. The van der Waals surface area contributed by atoms with Crippen molar-refractivity contribution in [2.24, 2.45) is 0 Å². The molecule has 3 nitrogen and oxygen atoms in total. The van der Waals surface area contributed by atoms with Crippen LogP contribution in [0.3, 0.4) is 0 Å². The van der Waals surface area contributed by atoms with Gasteiger partial charge < -0.3 is 9.47 Å². The van der Waals surface area contributed by atoms with Gasteiger partial charge in [0.05, 0.1) is 25.4 Å². The zero-order valence-electron chi connectivity index (χ0n) is 13.3. The van der Waals surface area contributed by atoms with Crippen molar-refractivity contribution in [1.82, 2.24) is 0 Å². The van der Waals surface area contributed by atoms with Crippen LogP contribution in [0.25, 0.3) is 0 Å². The summed E-state index contributed by atoms with van der Waals surface area (Å²) < 4.78 is 24.8. The predicted molar refractivity (Wildman–Crippen MR) is 87.4 cm³/mol. The van der Waals surface area contributed by atoms with Gasteiger partial charge in [0.15, 0.2) is 6.29 Å². The molecular weight excluding hydrogens is 295 g/mol. The third kappa shape index (κ3) is 4.89. The molecule has 2 rings (SSSR count). The Balaban J connectivity index is 1.77. The van der Waals surface area contributed by atoms with Gasteiger partial charge in [0.1, 0.15) is 11.6 Å². The molecule has 2 aromatic carbocycles. The van der Waals surface area contributed by atoms with Crippen LogP contribution in [-0.2, 0) is 17.8 Å². The lowest BCUT2D eigenvalue weighted by molar-refractivity contribution is 0.107. The van der Waals surface area contributed by atoms with Crippen LogP contribution in [0, 0.1) is 5.82 Å². The van der Waals surface area contributed by atoms with Crippen molar-refractivity contribution in [3.05, 3.63) is 65.0 Å². The molecule has 2 aromatic rings. The maximum absolute atomic E-state index is 13.6. The quantitative estimate of drug-likeness (QED) is 0.514. The average Bonchev–Trinajstić information content (AvgIpc) is 2.59. The maximum atomic E-state index is 13.6. The average molecular weight is 316 g/mol. The largest absolute Gasteiger partial charge is 0.493 e. The van der Waals surface area contributed by atoms with E-state index in [4.69, 9.17) is 9.47 Å². The molecule has 4 heteroatoms. The monoisotopic (exact) mass is 316 g/mol. The number of hydrogen-bond acceptors (Lipinski definition) is 3. The second-order valence-electron chi connectivity index (χ2n) is 5.15. The van der Waals surface area contributed by atoms with Gasteiger partial charge in [-0.25, -0.2) is 4.39 Å². The second kappa shape index (κ2) is 9.06. The number of carbonyl (C=O) groups is 1. The van der Waals surface area contributed by atoms with Gasteiger partial charge in [0.2, 0.25) is 0 Å². The number of halogens is 1. The van der Waals surface area contributed by atoms with Gasteiger partial charge in [-0.05, 0) is 24.1 Å². The summed E-state index contributed by atoms with van der Waals surface area (Å²) in [7, 11) is 0. The van der Waals surface area contributed by atoms with Crippen molar-refractivity contribution in [3.8, 4) is 5.75 Å². The van der Waals surface area contributed by atoms with Crippen molar-refractivity contribution in [2.45, 2.75) is 26.4 Å². The van der Waals surface area contributed by atoms with Crippen LogP contribution < -0.4 is 4.74 Å². The number of rotatable bonds is 9. The molecule has 0 heterocycles. The first kappa shape index (κ1) is 17.2. The number of carbonyl (C=O) groups excluding carboxylic acids is 1. The molecule has 0 aliphatic carbocycles. The Morgan fingerprint density at radius 2 is 1.87 bits per heavy atom. The maximum Gasteiger partial charge on any atom is 0.153 e. The molecule has 0 aromatic heterocycles. The van der Waals surface area contributed by atoms with Crippen LogP contribution in [-0.4, -0.2) is 19.5 Å². The van der Waals surface area contributed by atoms with Crippen molar-refractivity contribution in [2.75, 3.05) is 13.2 Å². The summed E-state index contributed by atoms with van der Waals surface area (Å²) in [6.07, 6.45) is 1.82. The molecular formula is C19H21FO3. The standard InChI is InChI=1S/C19H21FO3/c1-2-16-17(13-21)18(20)9-10-19(16)23-12-6-11-22-14-15-7-4-3-5-8-15/h3-5,7-10,13H,2,6,11-12,14H2,1H3. The molecule has 0 aliphatic rings. The van der Waals surface area contributed by atoms with Crippen molar-refractivity contribution < 1.29 is 18.7 Å². The SMILES string of the molecule is CCc1c(OCCCOCc2ccccc2)ccc(F)c1C=O.